The third kappa shape index (κ3) is 6.78. The highest BCUT2D eigenvalue weighted by molar-refractivity contribution is 7.48. The Morgan fingerprint density at radius 1 is 0.486 bits per heavy atom. The van der Waals surface area contributed by atoms with Gasteiger partial charge in [-0.1, -0.05) is 78.1 Å². The molecular formula is C32H40S5. The minimum atomic E-state index is 1.24. The maximum atomic E-state index is 2.48. The van der Waals surface area contributed by atoms with Gasteiger partial charge in [-0.05, 0) is 59.7 Å². The van der Waals surface area contributed by atoms with Crippen molar-refractivity contribution in [1.82, 2.24) is 0 Å². The van der Waals surface area contributed by atoms with Crippen molar-refractivity contribution in [1.29, 1.82) is 0 Å². The Balaban J connectivity index is 1.30. The van der Waals surface area contributed by atoms with E-state index in [2.05, 4.69) is 47.5 Å². The standard InChI is InChI=1S/C32H40S5/c1-3-5-7-9-11-13-15-25-17-23(19-33-25)27-21-35-31-29(27)30-28(22-36-32(30)37-31)24-18-26(34-20-24)16-14-12-10-8-6-4-2/h17-22H,3-16H2,1-2H3. The van der Waals surface area contributed by atoms with Gasteiger partial charge in [-0.15, -0.1) is 56.7 Å². The van der Waals surface area contributed by atoms with Crippen LogP contribution in [-0.2, 0) is 12.8 Å². The SMILES string of the molecule is CCCCCCCCc1cc(-c2csc3sc4scc(-c5csc(CCCCCCCC)c5)c4c23)cs1. The maximum absolute atomic E-state index is 2.48. The molecule has 0 N–H and O–H groups in total. The molecule has 5 aromatic rings. The quantitative estimate of drug-likeness (QED) is 0.101. The van der Waals surface area contributed by atoms with Crippen molar-refractivity contribution in [3.8, 4) is 22.3 Å². The molecule has 0 spiro atoms. The van der Waals surface area contributed by atoms with Gasteiger partial charge in [0, 0.05) is 42.4 Å². The van der Waals surface area contributed by atoms with E-state index in [1.165, 1.54) is 131 Å². The molecule has 0 aromatic carbocycles. The Hall–Kier alpha value is -0.980. The molecule has 0 saturated heterocycles. The molecule has 0 atom stereocenters. The van der Waals surface area contributed by atoms with E-state index in [0.717, 1.165) is 0 Å². The second-order valence-electron chi connectivity index (χ2n) is 10.4. The summed E-state index contributed by atoms with van der Waals surface area (Å²) in [5.74, 6) is 0. The van der Waals surface area contributed by atoms with E-state index in [-0.39, 0.29) is 0 Å². The molecule has 5 heteroatoms. The van der Waals surface area contributed by atoms with E-state index in [4.69, 9.17) is 0 Å². The molecule has 0 aliphatic heterocycles. The Labute approximate surface area is 243 Å². The van der Waals surface area contributed by atoms with Crippen molar-refractivity contribution in [3.05, 3.63) is 43.4 Å². The molecule has 0 saturated carbocycles. The molecule has 0 bridgehead atoms. The van der Waals surface area contributed by atoms with Crippen LogP contribution in [0.1, 0.15) is 101 Å². The summed E-state index contributed by atoms with van der Waals surface area (Å²) in [6.45, 7) is 4.59. The molecule has 0 unspecified atom stereocenters. The number of hydrogen-bond donors (Lipinski definition) is 0. The molecule has 37 heavy (non-hydrogen) atoms. The van der Waals surface area contributed by atoms with Crippen molar-refractivity contribution in [2.45, 2.75) is 104 Å². The van der Waals surface area contributed by atoms with E-state index >= 15 is 0 Å². The number of rotatable bonds is 16. The van der Waals surface area contributed by atoms with Crippen LogP contribution in [0.3, 0.4) is 0 Å². The van der Waals surface area contributed by atoms with E-state index < -0.39 is 0 Å². The van der Waals surface area contributed by atoms with Crippen LogP contribution >= 0.6 is 56.7 Å². The average molecular weight is 585 g/mol. The highest BCUT2D eigenvalue weighted by atomic mass is 32.2. The van der Waals surface area contributed by atoms with Crippen LogP contribution < -0.4 is 0 Å². The maximum Gasteiger partial charge on any atom is 0.0892 e. The largest absolute Gasteiger partial charge is 0.148 e. The van der Waals surface area contributed by atoms with E-state index in [1.807, 2.05) is 56.7 Å². The summed E-state index contributed by atoms with van der Waals surface area (Å²) < 4.78 is 2.98. The Kier molecular flexibility index (Phi) is 10.4. The lowest BCUT2D eigenvalue weighted by molar-refractivity contribution is 0.609. The van der Waals surface area contributed by atoms with Crippen LogP contribution in [0.5, 0.6) is 0 Å². The molecule has 0 fully saturated rings. The monoisotopic (exact) mass is 584 g/mol. The van der Waals surface area contributed by atoms with Crippen molar-refractivity contribution in [2.75, 3.05) is 0 Å². The van der Waals surface area contributed by atoms with Crippen LogP contribution in [0.2, 0.25) is 0 Å². The first-order chi connectivity index (χ1) is 18.3. The summed E-state index contributed by atoms with van der Waals surface area (Å²) in [6.07, 6.45) is 18.9. The van der Waals surface area contributed by atoms with Crippen LogP contribution in [0.25, 0.3) is 41.1 Å². The topological polar surface area (TPSA) is 0 Å². The Morgan fingerprint density at radius 2 is 0.919 bits per heavy atom. The first-order valence-corrected chi connectivity index (χ1v) is 18.7. The summed E-state index contributed by atoms with van der Waals surface area (Å²) in [5.41, 5.74) is 5.78. The molecule has 5 aromatic heterocycles. The second-order valence-corrected chi connectivity index (χ2v) is 15.7. The lowest BCUT2D eigenvalue weighted by atomic mass is 10.0. The molecule has 5 heterocycles. The fourth-order valence-electron chi connectivity index (χ4n) is 5.28. The molecule has 0 aliphatic carbocycles. The summed E-state index contributed by atoms with van der Waals surface area (Å²) in [5, 5.41) is 12.7. The number of hydrogen-bond acceptors (Lipinski definition) is 5. The van der Waals surface area contributed by atoms with Crippen molar-refractivity contribution in [3.63, 3.8) is 0 Å². The Bertz CT molecular complexity index is 1270. The molecule has 0 radical (unpaired) electrons. The van der Waals surface area contributed by atoms with Gasteiger partial charge in [0.2, 0.25) is 0 Å². The molecule has 5 rings (SSSR count). The van der Waals surface area contributed by atoms with Crippen molar-refractivity contribution < 1.29 is 0 Å². The fourth-order valence-corrected chi connectivity index (χ4v) is 10.9. The average Bonchev–Trinajstić information content (AvgIpc) is 3.71. The van der Waals surface area contributed by atoms with Crippen LogP contribution in [0.15, 0.2) is 33.7 Å². The molecular weight excluding hydrogens is 545 g/mol. The van der Waals surface area contributed by atoms with E-state index in [0.29, 0.717) is 0 Å². The second kappa shape index (κ2) is 13.9. The number of fused-ring (bicyclic) bond motifs is 3. The van der Waals surface area contributed by atoms with Gasteiger partial charge in [-0.25, -0.2) is 0 Å². The van der Waals surface area contributed by atoms with Gasteiger partial charge in [-0.3, -0.25) is 0 Å². The fraction of sp³-hybridized carbons (Fsp3) is 0.500. The number of unbranched alkanes of at least 4 members (excludes halogenated alkanes) is 10. The van der Waals surface area contributed by atoms with Gasteiger partial charge in [0.25, 0.3) is 0 Å². The van der Waals surface area contributed by atoms with Crippen LogP contribution in [0.4, 0.5) is 0 Å². The zero-order chi connectivity index (χ0) is 25.5. The third-order valence-corrected chi connectivity index (χ3v) is 12.8. The van der Waals surface area contributed by atoms with E-state index in [9.17, 15) is 0 Å². The first kappa shape index (κ1) is 27.6. The zero-order valence-electron chi connectivity index (χ0n) is 22.4. The van der Waals surface area contributed by atoms with Crippen LogP contribution in [0, 0.1) is 0 Å². The molecule has 0 amide bonds. The first-order valence-electron chi connectivity index (χ1n) is 14.3. The Morgan fingerprint density at radius 3 is 1.38 bits per heavy atom. The normalized spacial score (nSPS) is 11.9. The lowest BCUT2D eigenvalue weighted by Crippen LogP contribution is -1.83. The molecule has 198 valence electrons. The van der Waals surface area contributed by atoms with Crippen molar-refractivity contribution in [2.24, 2.45) is 0 Å². The predicted octanol–water partition coefficient (Wildman–Crippen LogP) is 13.4. The number of aryl methyl sites for hydroxylation is 2. The highest BCUT2D eigenvalue weighted by Crippen LogP contribution is 2.50. The lowest BCUT2D eigenvalue weighted by Gasteiger charge is -2.00. The summed E-state index contributed by atoms with van der Waals surface area (Å²) in [4.78, 5) is 3.11. The van der Waals surface area contributed by atoms with Crippen molar-refractivity contribution >= 4 is 75.5 Å². The highest BCUT2D eigenvalue weighted by Gasteiger charge is 2.19. The van der Waals surface area contributed by atoms with Gasteiger partial charge >= 0.3 is 0 Å². The summed E-state index contributed by atoms with van der Waals surface area (Å²) >= 11 is 9.80. The minimum absolute atomic E-state index is 1.24. The summed E-state index contributed by atoms with van der Waals surface area (Å²) in [7, 11) is 0. The van der Waals surface area contributed by atoms with Gasteiger partial charge in [-0.2, -0.15) is 0 Å². The van der Waals surface area contributed by atoms with E-state index in [1.54, 1.807) is 9.75 Å². The van der Waals surface area contributed by atoms with Crippen LogP contribution in [-0.4, -0.2) is 0 Å². The third-order valence-electron chi connectivity index (χ3n) is 7.43. The molecule has 0 nitrogen and oxygen atoms in total. The predicted molar refractivity (Wildman–Crippen MR) is 176 cm³/mol. The summed E-state index contributed by atoms with van der Waals surface area (Å²) in [6, 6.07) is 4.97. The molecule has 0 aliphatic rings. The minimum Gasteiger partial charge on any atom is -0.148 e. The van der Waals surface area contributed by atoms with Gasteiger partial charge < -0.3 is 0 Å². The van der Waals surface area contributed by atoms with Gasteiger partial charge in [0.05, 0.1) is 8.03 Å². The smallest absolute Gasteiger partial charge is 0.0892 e. The number of thiophene rings is 5. The van der Waals surface area contributed by atoms with Gasteiger partial charge in [0.1, 0.15) is 0 Å². The zero-order valence-corrected chi connectivity index (χ0v) is 26.5. The van der Waals surface area contributed by atoms with Gasteiger partial charge in [0.15, 0.2) is 0 Å².